The minimum absolute atomic E-state index is 0.187. The van der Waals surface area contributed by atoms with E-state index in [1.54, 1.807) is 36.4 Å². The Morgan fingerprint density at radius 1 is 1.03 bits per heavy atom. The Hall–Kier alpha value is -3.37. The van der Waals surface area contributed by atoms with Crippen LogP contribution >= 0.6 is 11.3 Å². The van der Waals surface area contributed by atoms with Gasteiger partial charge in [-0.25, -0.2) is 0 Å². The van der Waals surface area contributed by atoms with Gasteiger partial charge in [-0.15, -0.1) is 11.3 Å². The van der Waals surface area contributed by atoms with Gasteiger partial charge >= 0.3 is 0 Å². The summed E-state index contributed by atoms with van der Waals surface area (Å²) < 4.78 is 0.664. The second kappa shape index (κ2) is 8.40. The molecule has 6 N–H and O–H groups in total. The number of aliphatic hydroxyl groups excluding tert-OH is 3. The number of pyridine rings is 1. The van der Waals surface area contributed by atoms with Crippen molar-refractivity contribution in [2.24, 2.45) is 0 Å². The van der Waals surface area contributed by atoms with E-state index in [9.17, 15) is 24.9 Å². The summed E-state index contributed by atoms with van der Waals surface area (Å²) in [5, 5.41) is 32.6. The fourth-order valence-electron chi connectivity index (χ4n) is 3.44. The number of nitrogens with zero attached hydrogens (tertiary/aromatic N) is 1. The van der Waals surface area contributed by atoms with Crippen molar-refractivity contribution in [1.82, 2.24) is 4.98 Å². The Balaban J connectivity index is 1.93. The number of carbonyl (C=O) groups excluding carboxylic acids is 2. The standard InChI is InChI=1S/C22H19N3O5S/c23-16-4-2-1-3-13(16)22(30)25-19-15-7-24-17-6-12(9-27)11(8-26)5-14(17)20(15)31-21(19)18(29)10-28/h1-7,26-28H,8-10,23H2,(H,25,30). The van der Waals surface area contributed by atoms with E-state index >= 15 is 0 Å². The molecule has 31 heavy (non-hydrogen) atoms. The maximum absolute atomic E-state index is 12.8. The third-order valence-corrected chi connectivity index (χ3v) is 6.30. The largest absolute Gasteiger partial charge is 0.398 e. The summed E-state index contributed by atoms with van der Waals surface area (Å²) in [7, 11) is 0. The number of benzene rings is 2. The summed E-state index contributed by atoms with van der Waals surface area (Å²) >= 11 is 1.12. The highest BCUT2D eigenvalue weighted by atomic mass is 32.1. The minimum atomic E-state index is -0.717. The number of rotatable bonds is 6. The molecule has 0 fully saturated rings. The number of aliphatic hydroxyl groups is 3. The zero-order chi connectivity index (χ0) is 22.1. The van der Waals surface area contributed by atoms with Crippen LogP contribution in [0.15, 0.2) is 42.6 Å². The van der Waals surface area contributed by atoms with E-state index in [0.717, 1.165) is 11.3 Å². The molecule has 0 saturated heterocycles. The van der Waals surface area contributed by atoms with E-state index in [-0.39, 0.29) is 29.3 Å². The molecule has 0 atom stereocenters. The lowest BCUT2D eigenvalue weighted by Gasteiger charge is -2.09. The number of nitrogen functional groups attached to an aromatic ring is 1. The number of aromatic nitrogens is 1. The highest BCUT2D eigenvalue weighted by molar-refractivity contribution is 7.22. The lowest BCUT2D eigenvalue weighted by Crippen LogP contribution is -2.16. The van der Waals surface area contributed by atoms with E-state index in [1.165, 1.54) is 6.20 Å². The Morgan fingerprint density at radius 3 is 2.42 bits per heavy atom. The first-order valence-electron chi connectivity index (χ1n) is 9.37. The molecule has 4 rings (SSSR count). The van der Waals surface area contributed by atoms with Crippen LogP contribution < -0.4 is 11.1 Å². The van der Waals surface area contributed by atoms with Crippen molar-refractivity contribution in [3.05, 3.63) is 64.2 Å². The third kappa shape index (κ3) is 3.64. The molecule has 4 aromatic rings. The van der Waals surface area contributed by atoms with Crippen LogP contribution in [0.2, 0.25) is 0 Å². The molecule has 2 aromatic carbocycles. The number of carbonyl (C=O) groups is 2. The molecule has 158 valence electrons. The van der Waals surface area contributed by atoms with Crippen molar-refractivity contribution in [2.75, 3.05) is 17.7 Å². The van der Waals surface area contributed by atoms with Gasteiger partial charge in [0.15, 0.2) is 5.78 Å². The number of hydrogen-bond donors (Lipinski definition) is 5. The van der Waals surface area contributed by atoms with Crippen molar-refractivity contribution >= 4 is 55.4 Å². The molecule has 9 heteroatoms. The normalized spacial score (nSPS) is 11.2. The van der Waals surface area contributed by atoms with Gasteiger partial charge in [0.05, 0.1) is 34.9 Å². The molecule has 0 spiro atoms. The summed E-state index contributed by atoms with van der Waals surface area (Å²) in [6.45, 7) is -1.23. The molecular formula is C22H19N3O5S. The number of hydrogen-bond acceptors (Lipinski definition) is 8. The van der Waals surface area contributed by atoms with E-state index < -0.39 is 18.3 Å². The summed E-state index contributed by atoms with van der Waals surface area (Å²) in [4.78, 5) is 29.9. The first kappa shape index (κ1) is 20.9. The summed E-state index contributed by atoms with van der Waals surface area (Å²) in [6, 6.07) is 9.95. The summed E-state index contributed by atoms with van der Waals surface area (Å²) in [6.07, 6.45) is 1.53. The molecule has 2 aromatic heterocycles. The number of nitrogens with one attached hydrogen (secondary N) is 1. The van der Waals surface area contributed by atoms with Gasteiger partial charge in [0.1, 0.15) is 6.61 Å². The third-order valence-electron chi connectivity index (χ3n) is 5.02. The van der Waals surface area contributed by atoms with Crippen LogP contribution in [0.25, 0.3) is 21.0 Å². The maximum atomic E-state index is 12.8. The lowest BCUT2D eigenvalue weighted by molar-refractivity contribution is 0.0908. The van der Waals surface area contributed by atoms with E-state index in [4.69, 9.17) is 5.73 Å². The van der Waals surface area contributed by atoms with Crippen molar-refractivity contribution in [2.45, 2.75) is 13.2 Å². The molecule has 0 unspecified atom stereocenters. The van der Waals surface area contributed by atoms with Crippen molar-refractivity contribution in [1.29, 1.82) is 0 Å². The lowest BCUT2D eigenvalue weighted by atomic mass is 10.0. The Labute approximate surface area is 180 Å². The van der Waals surface area contributed by atoms with Crippen molar-refractivity contribution in [3.8, 4) is 0 Å². The molecule has 8 nitrogen and oxygen atoms in total. The molecule has 1 amide bonds. The second-order valence-electron chi connectivity index (χ2n) is 6.88. The number of nitrogens with two attached hydrogens (primary N) is 1. The van der Waals surface area contributed by atoms with Crippen LogP contribution in [0.1, 0.15) is 31.2 Å². The van der Waals surface area contributed by atoms with Gasteiger partial charge in [0.2, 0.25) is 0 Å². The van der Waals surface area contributed by atoms with Gasteiger partial charge < -0.3 is 26.4 Å². The van der Waals surface area contributed by atoms with Crippen molar-refractivity contribution in [3.63, 3.8) is 0 Å². The highest BCUT2D eigenvalue weighted by Crippen LogP contribution is 2.40. The fourth-order valence-corrected chi connectivity index (χ4v) is 4.62. The van der Waals surface area contributed by atoms with Crippen LogP contribution in [-0.2, 0) is 13.2 Å². The molecule has 0 radical (unpaired) electrons. The molecule has 0 bridgehead atoms. The van der Waals surface area contributed by atoms with Crippen LogP contribution in [0.4, 0.5) is 11.4 Å². The van der Waals surface area contributed by atoms with Gasteiger partial charge in [-0.1, -0.05) is 12.1 Å². The van der Waals surface area contributed by atoms with Crippen LogP contribution in [0.3, 0.4) is 0 Å². The Bertz CT molecular complexity index is 1330. The van der Waals surface area contributed by atoms with Crippen LogP contribution in [0, 0.1) is 0 Å². The second-order valence-corrected chi connectivity index (χ2v) is 7.90. The predicted octanol–water partition coefficient (Wildman–Crippen LogP) is 2.44. The first-order valence-corrected chi connectivity index (χ1v) is 10.2. The first-order chi connectivity index (χ1) is 15.0. The number of amides is 1. The topological polar surface area (TPSA) is 146 Å². The van der Waals surface area contributed by atoms with Crippen molar-refractivity contribution < 1.29 is 24.9 Å². The average Bonchev–Trinajstić information content (AvgIpc) is 3.16. The van der Waals surface area contributed by atoms with Gasteiger partial charge in [-0.2, -0.15) is 0 Å². The van der Waals surface area contributed by atoms with E-state index in [1.807, 2.05) is 0 Å². The molecule has 2 heterocycles. The predicted molar refractivity (Wildman–Crippen MR) is 119 cm³/mol. The van der Waals surface area contributed by atoms with E-state index in [0.29, 0.717) is 37.8 Å². The summed E-state index contributed by atoms with van der Waals surface area (Å²) in [5.41, 5.74) is 8.36. The average molecular weight is 437 g/mol. The molecular weight excluding hydrogens is 418 g/mol. The van der Waals surface area contributed by atoms with Gasteiger partial charge in [-0.05, 0) is 35.4 Å². The summed E-state index contributed by atoms with van der Waals surface area (Å²) in [5.74, 6) is -1.03. The molecule has 0 aliphatic rings. The zero-order valence-electron chi connectivity index (χ0n) is 16.3. The van der Waals surface area contributed by atoms with Gasteiger partial charge in [-0.3, -0.25) is 14.6 Å². The minimum Gasteiger partial charge on any atom is -0.398 e. The highest BCUT2D eigenvalue weighted by Gasteiger charge is 2.23. The Kier molecular flexibility index (Phi) is 5.66. The number of anilines is 2. The number of Topliss-reactive ketones (excluding diaryl/α,β-unsaturated/α-hetero) is 1. The fraction of sp³-hybridized carbons (Fsp3) is 0.136. The zero-order valence-corrected chi connectivity index (χ0v) is 17.1. The molecule has 0 aliphatic carbocycles. The number of thiophene rings is 1. The van der Waals surface area contributed by atoms with Gasteiger partial charge in [0.25, 0.3) is 5.91 Å². The van der Waals surface area contributed by atoms with E-state index in [2.05, 4.69) is 10.3 Å². The number of fused-ring (bicyclic) bond motifs is 3. The number of ketones is 1. The Morgan fingerprint density at radius 2 is 1.74 bits per heavy atom. The van der Waals surface area contributed by atoms with Crippen LogP contribution in [0.5, 0.6) is 0 Å². The SMILES string of the molecule is Nc1ccccc1C(=O)Nc1c(C(=O)CO)sc2c1cnc1cc(CO)c(CO)cc12. The monoisotopic (exact) mass is 437 g/mol. The maximum Gasteiger partial charge on any atom is 0.257 e. The molecule has 0 saturated carbocycles. The smallest absolute Gasteiger partial charge is 0.257 e. The quantitative estimate of drug-likeness (QED) is 0.230. The van der Waals surface area contributed by atoms with Crippen LogP contribution in [-0.4, -0.2) is 38.6 Å². The molecule has 0 aliphatic heterocycles. The van der Waals surface area contributed by atoms with Gasteiger partial charge in [0, 0.05) is 27.4 Å². The number of para-hydroxylation sites is 1.